The van der Waals surface area contributed by atoms with Gasteiger partial charge in [-0.25, -0.2) is 0 Å². The SMILES string of the molecule is CCCC1CCCCN1C(=O)c1cccc(C#CCO)c1. The van der Waals surface area contributed by atoms with E-state index in [-0.39, 0.29) is 12.5 Å². The Morgan fingerprint density at radius 2 is 2.29 bits per heavy atom. The molecule has 1 aliphatic rings. The quantitative estimate of drug-likeness (QED) is 0.868. The highest BCUT2D eigenvalue weighted by molar-refractivity contribution is 5.94. The summed E-state index contributed by atoms with van der Waals surface area (Å²) in [4.78, 5) is 14.8. The number of aliphatic hydroxyl groups is 1. The van der Waals surface area contributed by atoms with E-state index in [1.807, 2.05) is 29.2 Å². The lowest BCUT2D eigenvalue weighted by molar-refractivity contribution is 0.0600. The van der Waals surface area contributed by atoms with E-state index in [0.29, 0.717) is 11.6 Å². The van der Waals surface area contributed by atoms with Gasteiger partial charge < -0.3 is 10.0 Å². The maximum absolute atomic E-state index is 12.7. The van der Waals surface area contributed by atoms with Gasteiger partial charge >= 0.3 is 0 Å². The van der Waals surface area contributed by atoms with Gasteiger partial charge in [-0.3, -0.25) is 4.79 Å². The summed E-state index contributed by atoms with van der Waals surface area (Å²) in [6, 6.07) is 7.77. The van der Waals surface area contributed by atoms with Gasteiger partial charge in [0.1, 0.15) is 6.61 Å². The molecule has 1 aromatic carbocycles. The van der Waals surface area contributed by atoms with E-state index < -0.39 is 0 Å². The zero-order valence-electron chi connectivity index (χ0n) is 12.6. The summed E-state index contributed by atoms with van der Waals surface area (Å²) in [6.07, 6.45) is 5.61. The van der Waals surface area contributed by atoms with E-state index in [1.54, 1.807) is 0 Å². The van der Waals surface area contributed by atoms with Gasteiger partial charge in [0.25, 0.3) is 5.91 Å². The molecule has 1 heterocycles. The lowest BCUT2D eigenvalue weighted by Gasteiger charge is -2.36. The third-order valence-corrected chi connectivity index (χ3v) is 3.93. The molecule has 112 valence electrons. The minimum absolute atomic E-state index is 0.112. The van der Waals surface area contributed by atoms with Crippen LogP contribution in [0.2, 0.25) is 0 Å². The highest BCUT2D eigenvalue weighted by atomic mass is 16.2. The van der Waals surface area contributed by atoms with Gasteiger partial charge in [-0.1, -0.05) is 31.3 Å². The predicted octanol–water partition coefficient (Wildman–Crippen LogP) is 2.83. The Labute approximate surface area is 127 Å². The average molecular weight is 285 g/mol. The van der Waals surface area contributed by atoms with Crippen LogP contribution in [0.1, 0.15) is 54.9 Å². The average Bonchev–Trinajstić information content (AvgIpc) is 2.53. The van der Waals surface area contributed by atoms with E-state index in [2.05, 4.69) is 18.8 Å². The molecule has 1 aliphatic heterocycles. The van der Waals surface area contributed by atoms with Crippen LogP contribution >= 0.6 is 0 Å². The molecule has 1 saturated heterocycles. The molecule has 0 bridgehead atoms. The summed E-state index contributed by atoms with van der Waals surface area (Å²) in [7, 11) is 0. The fourth-order valence-electron chi connectivity index (χ4n) is 2.94. The van der Waals surface area contributed by atoms with E-state index >= 15 is 0 Å². The molecule has 1 N–H and O–H groups in total. The molecule has 0 aliphatic carbocycles. The van der Waals surface area contributed by atoms with Gasteiger partial charge in [0.15, 0.2) is 0 Å². The molecule has 1 fully saturated rings. The first-order chi connectivity index (χ1) is 10.3. The number of benzene rings is 1. The van der Waals surface area contributed by atoms with Gasteiger partial charge in [-0.05, 0) is 43.9 Å². The molecule has 0 saturated carbocycles. The number of piperidine rings is 1. The summed E-state index contributed by atoms with van der Waals surface area (Å²) in [5.41, 5.74) is 1.47. The third-order valence-electron chi connectivity index (χ3n) is 3.93. The Morgan fingerprint density at radius 3 is 3.05 bits per heavy atom. The first-order valence-corrected chi connectivity index (χ1v) is 7.77. The molecule has 3 heteroatoms. The Bertz CT molecular complexity index is 540. The van der Waals surface area contributed by atoms with Crippen molar-refractivity contribution < 1.29 is 9.90 Å². The van der Waals surface area contributed by atoms with Crippen LogP contribution in [-0.2, 0) is 0 Å². The number of carbonyl (C=O) groups is 1. The van der Waals surface area contributed by atoms with Gasteiger partial charge in [-0.2, -0.15) is 0 Å². The van der Waals surface area contributed by atoms with E-state index in [0.717, 1.165) is 37.8 Å². The normalized spacial score (nSPS) is 18.0. The van der Waals surface area contributed by atoms with Gasteiger partial charge in [0.2, 0.25) is 0 Å². The predicted molar refractivity (Wildman–Crippen MR) is 84.0 cm³/mol. The molecule has 21 heavy (non-hydrogen) atoms. The molecule has 0 spiro atoms. The van der Waals surface area contributed by atoms with Crippen molar-refractivity contribution in [1.82, 2.24) is 4.90 Å². The van der Waals surface area contributed by atoms with Crippen molar-refractivity contribution in [1.29, 1.82) is 0 Å². The Hall–Kier alpha value is -1.79. The number of likely N-dealkylation sites (tertiary alicyclic amines) is 1. The molecule has 1 amide bonds. The minimum atomic E-state index is -0.164. The second-order valence-corrected chi connectivity index (χ2v) is 5.48. The Balaban J connectivity index is 2.17. The summed E-state index contributed by atoms with van der Waals surface area (Å²) in [6.45, 7) is 2.86. The van der Waals surface area contributed by atoms with Crippen LogP contribution in [0.4, 0.5) is 0 Å². The van der Waals surface area contributed by atoms with Crippen LogP contribution in [0.5, 0.6) is 0 Å². The van der Waals surface area contributed by atoms with Crippen molar-refractivity contribution in [3.63, 3.8) is 0 Å². The van der Waals surface area contributed by atoms with Crippen LogP contribution in [0.15, 0.2) is 24.3 Å². The third kappa shape index (κ3) is 4.09. The fourth-order valence-corrected chi connectivity index (χ4v) is 2.94. The molecule has 0 radical (unpaired) electrons. The van der Waals surface area contributed by atoms with Crippen molar-refractivity contribution in [3.8, 4) is 11.8 Å². The van der Waals surface area contributed by atoms with Crippen LogP contribution < -0.4 is 0 Å². The highest BCUT2D eigenvalue weighted by Gasteiger charge is 2.26. The monoisotopic (exact) mass is 285 g/mol. The largest absolute Gasteiger partial charge is 0.384 e. The lowest BCUT2D eigenvalue weighted by Crippen LogP contribution is -2.43. The molecule has 2 rings (SSSR count). The van der Waals surface area contributed by atoms with Crippen LogP contribution in [-0.4, -0.2) is 35.1 Å². The Morgan fingerprint density at radius 1 is 1.43 bits per heavy atom. The number of carbonyl (C=O) groups excluding carboxylic acids is 1. The summed E-state index contributed by atoms with van der Waals surface area (Å²) in [5, 5.41) is 8.75. The zero-order chi connectivity index (χ0) is 15.1. The summed E-state index contributed by atoms with van der Waals surface area (Å²) < 4.78 is 0. The number of rotatable bonds is 3. The minimum Gasteiger partial charge on any atom is -0.384 e. The van der Waals surface area contributed by atoms with Crippen molar-refractivity contribution in [3.05, 3.63) is 35.4 Å². The Kier molecular flexibility index (Phi) is 5.83. The van der Waals surface area contributed by atoms with E-state index in [9.17, 15) is 4.79 Å². The molecule has 3 nitrogen and oxygen atoms in total. The number of amides is 1. The molecule has 1 unspecified atom stereocenters. The maximum atomic E-state index is 12.7. The van der Waals surface area contributed by atoms with Crippen molar-refractivity contribution in [2.24, 2.45) is 0 Å². The van der Waals surface area contributed by atoms with Gasteiger partial charge in [0, 0.05) is 23.7 Å². The van der Waals surface area contributed by atoms with Crippen LogP contribution in [0.25, 0.3) is 0 Å². The van der Waals surface area contributed by atoms with Crippen LogP contribution in [0, 0.1) is 11.8 Å². The van der Waals surface area contributed by atoms with E-state index in [1.165, 1.54) is 6.42 Å². The first kappa shape index (κ1) is 15.6. The second kappa shape index (κ2) is 7.85. The van der Waals surface area contributed by atoms with E-state index in [4.69, 9.17) is 5.11 Å². The first-order valence-electron chi connectivity index (χ1n) is 7.77. The summed E-state index contributed by atoms with van der Waals surface area (Å²) in [5.74, 6) is 5.59. The fraction of sp³-hybridized carbons (Fsp3) is 0.500. The number of hydrogen-bond donors (Lipinski definition) is 1. The summed E-state index contributed by atoms with van der Waals surface area (Å²) >= 11 is 0. The number of aliphatic hydroxyl groups excluding tert-OH is 1. The number of hydrogen-bond acceptors (Lipinski definition) is 2. The lowest BCUT2D eigenvalue weighted by atomic mass is 9.97. The second-order valence-electron chi connectivity index (χ2n) is 5.48. The van der Waals surface area contributed by atoms with Crippen molar-refractivity contribution in [2.75, 3.05) is 13.2 Å². The van der Waals surface area contributed by atoms with Crippen molar-refractivity contribution in [2.45, 2.75) is 45.1 Å². The molecule has 0 aromatic heterocycles. The molecular weight excluding hydrogens is 262 g/mol. The maximum Gasteiger partial charge on any atom is 0.254 e. The number of nitrogens with zero attached hydrogens (tertiary/aromatic N) is 1. The molecule has 1 atom stereocenters. The smallest absolute Gasteiger partial charge is 0.254 e. The van der Waals surface area contributed by atoms with Gasteiger partial charge in [0.05, 0.1) is 0 Å². The zero-order valence-corrected chi connectivity index (χ0v) is 12.6. The molecule has 1 aromatic rings. The highest BCUT2D eigenvalue weighted by Crippen LogP contribution is 2.23. The topological polar surface area (TPSA) is 40.5 Å². The molecular formula is C18H23NO2. The standard InChI is InChI=1S/C18H23NO2/c1-2-7-17-11-3-4-12-19(17)18(21)16-10-5-8-15(14-16)9-6-13-20/h5,8,10,14,17,20H,2-4,7,11-13H2,1H3. The van der Waals surface area contributed by atoms with Crippen LogP contribution in [0.3, 0.4) is 0 Å². The van der Waals surface area contributed by atoms with Gasteiger partial charge in [-0.15, -0.1) is 0 Å². The van der Waals surface area contributed by atoms with Crippen molar-refractivity contribution >= 4 is 5.91 Å².